The summed E-state index contributed by atoms with van der Waals surface area (Å²) < 4.78 is 41.7. The van der Waals surface area contributed by atoms with Crippen molar-refractivity contribution in [3.63, 3.8) is 0 Å². The van der Waals surface area contributed by atoms with Crippen molar-refractivity contribution in [1.29, 1.82) is 0 Å². The number of carbonyl (C=O) groups is 1. The van der Waals surface area contributed by atoms with E-state index in [1.807, 2.05) is 0 Å². The van der Waals surface area contributed by atoms with Crippen LogP contribution in [0.4, 0.5) is 14.5 Å². The number of carbonyl (C=O) groups excluding carboxylic acids is 1. The van der Waals surface area contributed by atoms with Crippen LogP contribution in [0.1, 0.15) is 10.4 Å². The van der Waals surface area contributed by atoms with Crippen molar-refractivity contribution in [2.24, 2.45) is 0 Å². The largest absolute Gasteiger partial charge is 0.493 e. The molecule has 0 fully saturated rings. The van der Waals surface area contributed by atoms with Gasteiger partial charge < -0.3 is 19.5 Å². The summed E-state index contributed by atoms with van der Waals surface area (Å²) in [4.78, 5) is 16.3. The summed E-state index contributed by atoms with van der Waals surface area (Å²) in [6, 6.07) is 10.8. The molecule has 0 bridgehead atoms. The molecule has 152 valence electrons. The van der Waals surface area contributed by atoms with Gasteiger partial charge >= 0.3 is 6.61 Å². The lowest BCUT2D eigenvalue weighted by Gasteiger charge is -2.12. The second kappa shape index (κ2) is 9.49. The van der Waals surface area contributed by atoms with E-state index in [9.17, 15) is 13.6 Å². The highest BCUT2D eigenvalue weighted by Crippen LogP contribution is 2.30. The number of ether oxygens (including phenoxy) is 3. The highest BCUT2D eigenvalue weighted by Gasteiger charge is 2.15. The molecule has 0 atom stereocenters. The predicted molar refractivity (Wildman–Crippen MR) is 99.5 cm³/mol. The third-order valence-electron chi connectivity index (χ3n) is 3.79. The summed E-state index contributed by atoms with van der Waals surface area (Å²) >= 11 is 0. The molecule has 2 aromatic carbocycles. The molecule has 1 heterocycles. The van der Waals surface area contributed by atoms with Crippen LogP contribution in [-0.2, 0) is 6.54 Å². The summed E-state index contributed by atoms with van der Waals surface area (Å²) in [5.74, 6) is -0.0594. The van der Waals surface area contributed by atoms with Crippen LogP contribution in [0.25, 0.3) is 0 Å². The van der Waals surface area contributed by atoms with Crippen LogP contribution < -0.4 is 19.5 Å². The number of anilines is 1. The first kappa shape index (κ1) is 20.1. The van der Waals surface area contributed by atoms with E-state index in [1.165, 1.54) is 31.6 Å². The monoisotopic (exact) mass is 404 g/mol. The summed E-state index contributed by atoms with van der Waals surface area (Å²) in [6.07, 6.45) is 3.02. The van der Waals surface area contributed by atoms with Crippen LogP contribution in [0.3, 0.4) is 0 Å². The van der Waals surface area contributed by atoms with E-state index >= 15 is 0 Å². The lowest BCUT2D eigenvalue weighted by molar-refractivity contribution is -0.0512. The lowest BCUT2D eigenvalue weighted by Crippen LogP contribution is -2.13. The maximum Gasteiger partial charge on any atom is 0.387 e. The van der Waals surface area contributed by atoms with Gasteiger partial charge in [-0.25, -0.2) is 9.67 Å². The van der Waals surface area contributed by atoms with E-state index in [2.05, 4.69) is 20.1 Å². The molecule has 0 aliphatic heterocycles. The minimum atomic E-state index is -3.03. The van der Waals surface area contributed by atoms with Gasteiger partial charge in [0.2, 0.25) is 0 Å². The molecule has 0 aliphatic rings. The van der Waals surface area contributed by atoms with Crippen LogP contribution in [0.5, 0.6) is 17.2 Å². The van der Waals surface area contributed by atoms with Crippen LogP contribution in [0.2, 0.25) is 0 Å². The normalized spacial score (nSPS) is 10.6. The molecule has 0 unspecified atom stereocenters. The zero-order chi connectivity index (χ0) is 20.6. The van der Waals surface area contributed by atoms with E-state index in [0.29, 0.717) is 24.6 Å². The number of nitrogens with one attached hydrogen (secondary N) is 1. The molecule has 29 heavy (non-hydrogen) atoms. The number of rotatable bonds is 9. The lowest BCUT2D eigenvalue weighted by atomic mass is 10.2. The number of hydrogen-bond acceptors (Lipinski definition) is 6. The summed E-state index contributed by atoms with van der Waals surface area (Å²) in [6.45, 7) is -2.14. The summed E-state index contributed by atoms with van der Waals surface area (Å²) in [5.41, 5.74) is 0.624. The molecule has 10 heteroatoms. The number of alkyl halides is 2. The Balaban J connectivity index is 1.64. The quantitative estimate of drug-likeness (QED) is 0.589. The molecule has 0 saturated carbocycles. The van der Waals surface area contributed by atoms with Gasteiger partial charge in [0.1, 0.15) is 25.0 Å². The van der Waals surface area contributed by atoms with Gasteiger partial charge in [-0.2, -0.15) is 13.9 Å². The SMILES string of the molecule is COc1ccc(C(=O)Nc2cccc(OCCn3cncn3)c2)cc1OC(F)F. The second-order valence-corrected chi connectivity index (χ2v) is 5.73. The molecule has 8 nitrogen and oxygen atoms in total. The molecule has 0 saturated heterocycles. The molecular weight excluding hydrogens is 386 g/mol. The standard InChI is InChI=1S/C19H18F2N4O4/c1-27-16-6-5-13(9-17(16)29-19(20)21)18(26)24-14-3-2-4-15(10-14)28-8-7-25-12-22-11-23-25/h2-6,9-12,19H,7-8H2,1H3,(H,24,26). The molecular formula is C19H18F2N4O4. The molecule has 1 amide bonds. The summed E-state index contributed by atoms with van der Waals surface area (Å²) in [5, 5.41) is 6.67. The number of amides is 1. The van der Waals surface area contributed by atoms with Gasteiger partial charge in [0, 0.05) is 17.3 Å². The fourth-order valence-corrected chi connectivity index (χ4v) is 2.48. The van der Waals surface area contributed by atoms with Crippen molar-refractivity contribution in [3.8, 4) is 17.2 Å². The number of methoxy groups -OCH3 is 1. The molecule has 1 aromatic heterocycles. The van der Waals surface area contributed by atoms with Crippen LogP contribution in [-0.4, -0.2) is 41.0 Å². The Labute approximate surface area is 165 Å². The Morgan fingerprint density at radius 1 is 1.21 bits per heavy atom. The zero-order valence-corrected chi connectivity index (χ0v) is 15.4. The predicted octanol–water partition coefficient (Wildman–Crippen LogP) is 3.22. The molecule has 0 aliphatic carbocycles. The van der Waals surface area contributed by atoms with E-state index in [-0.39, 0.29) is 17.1 Å². The molecule has 3 rings (SSSR count). The highest BCUT2D eigenvalue weighted by molar-refractivity contribution is 6.04. The van der Waals surface area contributed by atoms with Crippen LogP contribution in [0, 0.1) is 0 Å². The molecule has 3 aromatic rings. The second-order valence-electron chi connectivity index (χ2n) is 5.73. The van der Waals surface area contributed by atoms with E-state index < -0.39 is 12.5 Å². The van der Waals surface area contributed by atoms with Gasteiger partial charge in [-0.3, -0.25) is 4.79 Å². The first-order chi connectivity index (χ1) is 14.0. The van der Waals surface area contributed by atoms with Crippen LogP contribution in [0.15, 0.2) is 55.1 Å². The zero-order valence-electron chi connectivity index (χ0n) is 15.4. The average molecular weight is 404 g/mol. The smallest absolute Gasteiger partial charge is 0.387 e. The number of benzene rings is 2. The minimum absolute atomic E-state index is 0.102. The average Bonchev–Trinajstić information content (AvgIpc) is 3.21. The number of halogens is 2. The minimum Gasteiger partial charge on any atom is -0.493 e. The first-order valence-corrected chi connectivity index (χ1v) is 8.54. The van der Waals surface area contributed by atoms with Crippen molar-refractivity contribution in [1.82, 2.24) is 14.8 Å². The van der Waals surface area contributed by atoms with Crippen molar-refractivity contribution in [3.05, 3.63) is 60.7 Å². The Hall–Kier alpha value is -3.69. The Morgan fingerprint density at radius 2 is 2.07 bits per heavy atom. The maximum atomic E-state index is 12.6. The van der Waals surface area contributed by atoms with E-state index in [0.717, 1.165) is 0 Å². The van der Waals surface area contributed by atoms with Crippen molar-refractivity contribution in [2.75, 3.05) is 19.0 Å². The number of nitrogens with zero attached hydrogens (tertiary/aromatic N) is 3. The van der Waals surface area contributed by atoms with Crippen molar-refractivity contribution < 1.29 is 27.8 Å². The highest BCUT2D eigenvalue weighted by atomic mass is 19.3. The van der Waals surface area contributed by atoms with Crippen LogP contribution >= 0.6 is 0 Å². The first-order valence-electron chi connectivity index (χ1n) is 8.54. The molecule has 0 radical (unpaired) electrons. The number of aromatic nitrogens is 3. The van der Waals surface area contributed by atoms with E-state index in [1.54, 1.807) is 35.3 Å². The van der Waals surface area contributed by atoms with Gasteiger partial charge in [0.15, 0.2) is 11.5 Å². The Kier molecular flexibility index (Phi) is 6.56. The molecule has 1 N–H and O–H groups in total. The summed E-state index contributed by atoms with van der Waals surface area (Å²) in [7, 11) is 1.32. The maximum absolute atomic E-state index is 12.6. The van der Waals surface area contributed by atoms with Gasteiger partial charge in [-0.05, 0) is 30.3 Å². The van der Waals surface area contributed by atoms with Gasteiger partial charge in [-0.1, -0.05) is 6.07 Å². The topological polar surface area (TPSA) is 87.5 Å². The van der Waals surface area contributed by atoms with Crippen molar-refractivity contribution >= 4 is 11.6 Å². The van der Waals surface area contributed by atoms with Gasteiger partial charge in [0.05, 0.1) is 13.7 Å². The van der Waals surface area contributed by atoms with E-state index in [4.69, 9.17) is 9.47 Å². The van der Waals surface area contributed by atoms with Crippen molar-refractivity contribution in [2.45, 2.75) is 13.2 Å². The Bertz CT molecular complexity index is 951. The fraction of sp³-hybridized carbons (Fsp3) is 0.211. The van der Waals surface area contributed by atoms with Gasteiger partial charge in [-0.15, -0.1) is 0 Å². The number of hydrogen-bond donors (Lipinski definition) is 1. The molecule has 0 spiro atoms. The van der Waals surface area contributed by atoms with Gasteiger partial charge in [0.25, 0.3) is 5.91 Å². The third-order valence-corrected chi connectivity index (χ3v) is 3.79. The Morgan fingerprint density at radius 3 is 2.79 bits per heavy atom. The third kappa shape index (κ3) is 5.64. The fourth-order valence-electron chi connectivity index (χ4n) is 2.48.